The Bertz CT molecular complexity index is 1160. The lowest BCUT2D eigenvalue weighted by molar-refractivity contribution is 0.131. The predicted octanol–water partition coefficient (Wildman–Crippen LogP) is 4.29. The molecular formula is C24H25N5O3. The van der Waals surface area contributed by atoms with Gasteiger partial charge in [-0.05, 0) is 49.4 Å². The van der Waals surface area contributed by atoms with E-state index in [-0.39, 0.29) is 5.92 Å². The highest BCUT2D eigenvalue weighted by Crippen LogP contribution is 2.36. The molecule has 0 bridgehead atoms. The number of aryl methyl sites for hydroxylation is 1. The first-order chi connectivity index (χ1) is 15.6. The average Bonchev–Trinajstić information content (AvgIpc) is 3.44. The van der Waals surface area contributed by atoms with Gasteiger partial charge >= 0.3 is 6.09 Å². The van der Waals surface area contributed by atoms with Gasteiger partial charge in [0.15, 0.2) is 0 Å². The zero-order valence-electron chi connectivity index (χ0n) is 17.9. The molecule has 2 aromatic heterocycles. The van der Waals surface area contributed by atoms with E-state index in [0.717, 1.165) is 65.3 Å². The van der Waals surface area contributed by atoms with Gasteiger partial charge < -0.3 is 19.8 Å². The molecule has 0 unspecified atom stereocenters. The fraction of sp³-hybridized carbons (Fsp3) is 0.333. The van der Waals surface area contributed by atoms with Crippen LogP contribution in [-0.4, -0.2) is 57.0 Å². The van der Waals surface area contributed by atoms with E-state index in [1.807, 2.05) is 12.1 Å². The van der Waals surface area contributed by atoms with E-state index in [4.69, 9.17) is 9.82 Å². The molecule has 0 spiro atoms. The lowest BCUT2D eigenvalue weighted by Crippen LogP contribution is -2.37. The smallest absolute Gasteiger partial charge is 0.407 e. The maximum absolute atomic E-state index is 11.3. The van der Waals surface area contributed by atoms with Gasteiger partial charge in [0.25, 0.3) is 0 Å². The number of hydrogen-bond donors (Lipinski definition) is 2. The lowest BCUT2D eigenvalue weighted by Gasteiger charge is -2.28. The van der Waals surface area contributed by atoms with Gasteiger partial charge in [0, 0.05) is 48.1 Å². The largest absolute Gasteiger partial charge is 0.465 e. The van der Waals surface area contributed by atoms with Crippen LogP contribution < -0.4 is 0 Å². The minimum Gasteiger partial charge on any atom is -0.465 e. The number of amides is 1. The van der Waals surface area contributed by atoms with Crippen molar-refractivity contribution in [3.8, 4) is 22.5 Å². The molecule has 3 heterocycles. The number of aromatic amines is 1. The van der Waals surface area contributed by atoms with E-state index in [1.165, 1.54) is 10.5 Å². The quantitative estimate of drug-likeness (QED) is 0.600. The van der Waals surface area contributed by atoms with Crippen molar-refractivity contribution in [3.63, 3.8) is 0 Å². The first kappa shape index (κ1) is 20.2. The summed E-state index contributed by atoms with van der Waals surface area (Å²) in [6, 6.07) is 10.3. The van der Waals surface area contributed by atoms with Crippen molar-refractivity contribution in [2.75, 3.05) is 20.2 Å². The van der Waals surface area contributed by atoms with Crippen molar-refractivity contribution in [2.45, 2.75) is 31.6 Å². The molecule has 1 aliphatic heterocycles. The van der Waals surface area contributed by atoms with E-state index in [0.29, 0.717) is 13.1 Å². The Labute approximate surface area is 186 Å². The van der Waals surface area contributed by atoms with Gasteiger partial charge in [-0.2, -0.15) is 0 Å². The number of hydrogen-bond acceptors (Lipinski definition) is 5. The second-order valence-corrected chi connectivity index (χ2v) is 8.22. The molecule has 0 atom stereocenters. The lowest BCUT2D eigenvalue weighted by atomic mass is 9.96. The highest BCUT2D eigenvalue weighted by Gasteiger charge is 2.27. The highest BCUT2D eigenvalue weighted by molar-refractivity contribution is 6.04. The minimum absolute atomic E-state index is 0.204. The van der Waals surface area contributed by atoms with E-state index in [9.17, 15) is 9.90 Å². The molecule has 2 N–H and O–H groups in total. The van der Waals surface area contributed by atoms with Crippen LogP contribution in [-0.2, 0) is 11.3 Å². The summed E-state index contributed by atoms with van der Waals surface area (Å²) in [4.78, 5) is 30.5. The van der Waals surface area contributed by atoms with E-state index >= 15 is 0 Å². The third kappa shape index (κ3) is 3.72. The van der Waals surface area contributed by atoms with Gasteiger partial charge in [0.2, 0.25) is 0 Å². The van der Waals surface area contributed by atoms with Crippen molar-refractivity contribution < 1.29 is 14.7 Å². The normalized spacial score (nSPS) is 17.5. The second-order valence-electron chi connectivity index (χ2n) is 8.22. The predicted molar refractivity (Wildman–Crippen MR) is 121 cm³/mol. The van der Waals surface area contributed by atoms with E-state index < -0.39 is 6.09 Å². The molecular weight excluding hydrogens is 406 g/mol. The fourth-order valence-electron chi connectivity index (χ4n) is 4.69. The number of oxime groups is 1. The van der Waals surface area contributed by atoms with Crippen molar-refractivity contribution in [3.05, 3.63) is 59.7 Å². The Morgan fingerprint density at radius 1 is 1.16 bits per heavy atom. The summed E-state index contributed by atoms with van der Waals surface area (Å²) in [5.41, 5.74) is 7.32. The molecule has 32 heavy (non-hydrogen) atoms. The first-order valence-corrected chi connectivity index (χ1v) is 10.9. The van der Waals surface area contributed by atoms with Crippen LogP contribution in [0, 0.1) is 0 Å². The molecule has 3 aromatic rings. The van der Waals surface area contributed by atoms with Crippen LogP contribution in [0.3, 0.4) is 0 Å². The summed E-state index contributed by atoms with van der Waals surface area (Å²) in [5.74, 6) is 1.12. The van der Waals surface area contributed by atoms with Crippen LogP contribution in [0.4, 0.5) is 4.79 Å². The number of H-pyrrole nitrogens is 1. The molecule has 0 radical (unpaired) electrons. The van der Waals surface area contributed by atoms with Crippen molar-refractivity contribution in [1.82, 2.24) is 19.9 Å². The summed E-state index contributed by atoms with van der Waals surface area (Å²) < 4.78 is 0. The molecule has 8 nitrogen and oxygen atoms in total. The molecule has 0 saturated carbocycles. The number of nitrogens with zero attached hydrogens (tertiary/aromatic N) is 4. The third-order valence-electron chi connectivity index (χ3n) is 6.37. The fourth-order valence-corrected chi connectivity index (χ4v) is 4.69. The maximum atomic E-state index is 11.3. The van der Waals surface area contributed by atoms with Gasteiger partial charge in [-0.15, -0.1) is 0 Å². The molecule has 5 rings (SSSR count). The van der Waals surface area contributed by atoms with Crippen molar-refractivity contribution in [2.24, 2.45) is 5.16 Å². The topological polar surface area (TPSA) is 104 Å². The van der Waals surface area contributed by atoms with Crippen LogP contribution in [0.2, 0.25) is 0 Å². The number of likely N-dealkylation sites (tertiary alicyclic amines) is 1. The number of piperidine rings is 1. The summed E-state index contributed by atoms with van der Waals surface area (Å²) in [5, 5.41) is 13.4. The third-order valence-corrected chi connectivity index (χ3v) is 6.37. The number of nitrogens with one attached hydrogen (secondary N) is 1. The number of pyridine rings is 1. The minimum atomic E-state index is -0.851. The van der Waals surface area contributed by atoms with Gasteiger partial charge in [-0.3, -0.25) is 4.98 Å². The molecule has 164 valence electrons. The van der Waals surface area contributed by atoms with Crippen LogP contribution in [0.15, 0.2) is 47.9 Å². The zero-order valence-corrected chi connectivity index (χ0v) is 17.9. The number of rotatable bonds is 4. The Kier molecular flexibility index (Phi) is 5.34. The van der Waals surface area contributed by atoms with E-state index in [2.05, 4.69) is 33.3 Å². The molecule has 2 aliphatic rings. The SMILES string of the molecule is CO/N=C1/CCc2cc(-c3nc(C4CCN(C(=O)O)CC4)[nH]c3-c3ccncc3)ccc21. The molecule has 1 fully saturated rings. The Hall–Kier alpha value is -3.68. The van der Waals surface area contributed by atoms with Crippen LogP contribution in [0.1, 0.15) is 42.1 Å². The highest BCUT2D eigenvalue weighted by atomic mass is 16.6. The Balaban J connectivity index is 1.52. The molecule has 1 aromatic carbocycles. The summed E-state index contributed by atoms with van der Waals surface area (Å²) in [6.07, 6.45) is 6.03. The van der Waals surface area contributed by atoms with Crippen LogP contribution in [0.25, 0.3) is 22.5 Å². The van der Waals surface area contributed by atoms with Gasteiger partial charge in [-0.1, -0.05) is 17.3 Å². The molecule has 1 saturated heterocycles. The number of benzene rings is 1. The maximum Gasteiger partial charge on any atom is 0.407 e. The monoisotopic (exact) mass is 431 g/mol. The Morgan fingerprint density at radius 2 is 1.94 bits per heavy atom. The number of fused-ring (bicyclic) bond motifs is 1. The van der Waals surface area contributed by atoms with Crippen LogP contribution >= 0.6 is 0 Å². The standard InChI is InChI=1S/C24H25N5O3/c1-32-28-20-5-3-17-14-18(2-4-19(17)20)22-21(15-6-10-25-11-7-15)26-23(27-22)16-8-12-29(13-9-16)24(30)31/h2,4,6-7,10-11,14,16H,3,5,8-9,12-13H2,1H3,(H,26,27)(H,30,31)/b28-20-. The summed E-state index contributed by atoms with van der Waals surface area (Å²) in [7, 11) is 1.58. The number of aromatic nitrogens is 3. The molecule has 8 heteroatoms. The van der Waals surface area contributed by atoms with E-state index in [1.54, 1.807) is 19.5 Å². The number of imidazole rings is 1. The Morgan fingerprint density at radius 3 is 2.66 bits per heavy atom. The first-order valence-electron chi connectivity index (χ1n) is 10.9. The summed E-state index contributed by atoms with van der Waals surface area (Å²) in [6.45, 7) is 1.06. The van der Waals surface area contributed by atoms with Gasteiger partial charge in [0.05, 0.1) is 17.1 Å². The number of carbonyl (C=O) groups is 1. The van der Waals surface area contributed by atoms with Crippen molar-refractivity contribution in [1.29, 1.82) is 0 Å². The molecule has 1 aliphatic carbocycles. The van der Waals surface area contributed by atoms with Crippen LogP contribution in [0.5, 0.6) is 0 Å². The second kappa shape index (κ2) is 8.45. The zero-order chi connectivity index (χ0) is 22.1. The average molecular weight is 431 g/mol. The molecule has 1 amide bonds. The van der Waals surface area contributed by atoms with Crippen molar-refractivity contribution >= 4 is 11.8 Å². The summed E-state index contributed by atoms with van der Waals surface area (Å²) >= 11 is 0. The van der Waals surface area contributed by atoms with Gasteiger partial charge in [0.1, 0.15) is 12.9 Å². The van der Waals surface area contributed by atoms with Gasteiger partial charge in [-0.25, -0.2) is 9.78 Å². The number of carboxylic acid groups (broad SMARTS) is 1.